The van der Waals surface area contributed by atoms with E-state index in [1.165, 1.54) is 6.07 Å². The normalized spacial score (nSPS) is 13.9. The first-order valence-electron chi connectivity index (χ1n) is 8.95. The lowest BCUT2D eigenvalue weighted by molar-refractivity contribution is -0.133. The molecule has 3 rings (SSSR count). The van der Waals surface area contributed by atoms with Crippen LogP contribution >= 0.6 is 11.6 Å². The third-order valence-electron chi connectivity index (χ3n) is 4.45. The Bertz CT molecular complexity index is 824. The van der Waals surface area contributed by atoms with Gasteiger partial charge in [0, 0.05) is 31.2 Å². The minimum Gasteiger partial charge on any atom is -0.484 e. The topological polar surface area (TPSA) is 61.9 Å². The zero-order valence-electron chi connectivity index (χ0n) is 15.2. The van der Waals surface area contributed by atoms with Crippen LogP contribution in [0.3, 0.4) is 0 Å². The highest BCUT2D eigenvalue weighted by atomic mass is 35.5. The molecular formula is C20H21ClFN3O3. The average molecular weight is 406 g/mol. The van der Waals surface area contributed by atoms with Crippen molar-refractivity contribution in [2.24, 2.45) is 0 Å². The summed E-state index contributed by atoms with van der Waals surface area (Å²) in [6, 6.07) is 13.3. The fourth-order valence-electron chi connectivity index (χ4n) is 2.92. The standard InChI is InChI=1S/C20H21ClFN3O3/c21-15-5-7-16(8-6-15)28-14-19(26)23-13-20(27)25-11-9-24(10-12-25)18-4-2-1-3-17(18)22/h1-8H,9-14H2,(H,23,26). The van der Waals surface area contributed by atoms with Gasteiger partial charge in [0.05, 0.1) is 12.2 Å². The van der Waals surface area contributed by atoms with Crippen LogP contribution in [0.1, 0.15) is 0 Å². The summed E-state index contributed by atoms with van der Waals surface area (Å²) in [5, 5.41) is 3.14. The van der Waals surface area contributed by atoms with Crippen molar-refractivity contribution in [3.8, 4) is 5.75 Å². The smallest absolute Gasteiger partial charge is 0.258 e. The second-order valence-electron chi connectivity index (χ2n) is 6.34. The molecule has 1 aliphatic rings. The second-order valence-corrected chi connectivity index (χ2v) is 6.78. The van der Waals surface area contributed by atoms with Gasteiger partial charge < -0.3 is 19.9 Å². The highest BCUT2D eigenvalue weighted by Crippen LogP contribution is 2.20. The van der Waals surface area contributed by atoms with Gasteiger partial charge in [-0.15, -0.1) is 0 Å². The maximum Gasteiger partial charge on any atom is 0.258 e. The predicted octanol–water partition coefficient (Wildman–Crippen LogP) is 2.32. The number of piperazine rings is 1. The summed E-state index contributed by atoms with van der Waals surface area (Å²) in [5.74, 6) is -0.299. The first-order chi connectivity index (χ1) is 13.5. The minimum atomic E-state index is -0.381. The summed E-state index contributed by atoms with van der Waals surface area (Å²) < 4.78 is 19.2. The Kier molecular flexibility index (Phi) is 6.71. The summed E-state index contributed by atoms with van der Waals surface area (Å²) >= 11 is 5.79. The molecule has 0 aromatic heterocycles. The number of ether oxygens (including phenoxy) is 1. The number of hydrogen-bond acceptors (Lipinski definition) is 4. The van der Waals surface area contributed by atoms with Gasteiger partial charge in [-0.25, -0.2) is 4.39 Å². The molecule has 0 aliphatic carbocycles. The van der Waals surface area contributed by atoms with Crippen molar-refractivity contribution in [2.75, 3.05) is 44.2 Å². The SMILES string of the molecule is O=C(COc1ccc(Cl)cc1)NCC(=O)N1CCN(c2ccccc2F)CC1. The minimum absolute atomic E-state index is 0.0947. The zero-order valence-corrected chi connectivity index (χ0v) is 16.0. The molecular weight excluding hydrogens is 385 g/mol. The summed E-state index contributed by atoms with van der Waals surface area (Å²) in [6.45, 7) is 1.76. The Morgan fingerprint density at radius 1 is 1.04 bits per heavy atom. The molecule has 0 spiro atoms. The first kappa shape index (κ1) is 19.9. The Balaban J connectivity index is 1.39. The molecule has 28 heavy (non-hydrogen) atoms. The van der Waals surface area contributed by atoms with Crippen molar-refractivity contribution < 1.29 is 18.7 Å². The molecule has 2 amide bonds. The molecule has 1 heterocycles. The molecule has 0 bridgehead atoms. The van der Waals surface area contributed by atoms with E-state index in [-0.39, 0.29) is 30.8 Å². The van der Waals surface area contributed by atoms with Crippen molar-refractivity contribution in [2.45, 2.75) is 0 Å². The van der Waals surface area contributed by atoms with Crippen LogP contribution in [0.25, 0.3) is 0 Å². The molecule has 8 heteroatoms. The van der Waals surface area contributed by atoms with Gasteiger partial charge in [0.1, 0.15) is 11.6 Å². The number of amides is 2. The summed E-state index contributed by atoms with van der Waals surface area (Å²) in [5.41, 5.74) is 0.544. The molecule has 1 saturated heterocycles. The molecule has 1 N–H and O–H groups in total. The molecule has 148 valence electrons. The molecule has 1 fully saturated rings. The highest BCUT2D eigenvalue weighted by molar-refractivity contribution is 6.30. The molecule has 0 unspecified atom stereocenters. The number of anilines is 1. The van der Waals surface area contributed by atoms with Crippen molar-refractivity contribution in [3.63, 3.8) is 0 Å². The van der Waals surface area contributed by atoms with Crippen molar-refractivity contribution in [1.82, 2.24) is 10.2 Å². The average Bonchev–Trinajstić information content (AvgIpc) is 2.72. The molecule has 0 atom stereocenters. The molecule has 0 saturated carbocycles. The van der Waals surface area contributed by atoms with Gasteiger partial charge in [-0.1, -0.05) is 23.7 Å². The summed E-state index contributed by atoms with van der Waals surface area (Å²) in [7, 11) is 0. The molecule has 2 aromatic carbocycles. The molecule has 0 radical (unpaired) electrons. The van der Waals surface area contributed by atoms with Crippen LogP contribution < -0.4 is 15.0 Å². The Hall–Kier alpha value is -2.80. The van der Waals surface area contributed by atoms with Crippen LogP contribution in [0.15, 0.2) is 48.5 Å². The molecule has 2 aromatic rings. The van der Waals surface area contributed by atoms with Crippen molar-refractivity contribution in [1.29, 1.82) is 0 Å². The number of hydrogen-bond donors (Lipinski definition) is 1. The monoisotopic (exact) mass is 405 g/mol. The Morgan fingerprint density at radius 3 is 2.39 bits per heavy atom. The van der Waals surface area contributed by atoms with Gasteiger partial charge in [-0.3, -0.25) is 9.59 Å². The van der Waals surface area contributed by atoms with E-state index in [9.17, 15) is 14.0 Å². The highest BCUT2D eigenvalue weighted by Gasteiger charge is 2.22. The maximum atomic E-state index is 13.9. The third-order valence-corrected chi connectivity index (χ3v) is 4.70. The van der Waals surface area contributed by atoms with E-state index in [0.29, 0.717) is 42.6 Å². The number of nitrogens with zero attached hydrogens (tertiary/aromatic N) is 2. The van der Waals surface area contributed by atoms with Crippen LogP contribution in [-0.4, -0.2) is 56.0 Å². The maximum absolute atomic E-state index is 13.9. The largest absolute Gasteiger partial charge is 0.484 e. The van der Waals surface area contributed by atoms with Gasteiger partial charge in [0.25, 0.3) is 5.91 Å². The van der Waals surface area contributed by atoms with Crippen LogP contribution in [0.5, 0.6) is 5.75 Å². The molecule has 6 nitrogen and oxygen atoms in total. The summed E-state index contributed by atoms with van der Waals surface area (Å²) in [6.07, 6.45) is 0. The van der Waals surface area contributed by atoms with E-state index < -0.39 is 0 Å². The number of para-hydroxylation sites is 1. The van der Waals surface area contributed by atoms with Gasteiger partial charge in [0.2, 0.25) is 5.91 Å². The predicted molar refractivity (Wildman–Crippen MR) is 105 cm³/mol. The van der Waals surface area contributed by atoms with E-state index in [1.807, 2.05) is 4.90 Å². The van der Waals surface area contributed by atoms with Gasteiger partial charge in [-0.2, -0.15) is 0 Å². The van der Waals surface area contributed by atoms with Crippen LogP contribution in [0.2, 0.25) is 5.02 Å². The zero-order chi connectivity index (χ0) is 19.9. The Morgan fingerprint density at radius 2 is 1.71 bits per heavy atom. The fourth-order valence-corrected chi connectivity index (χ4v) is 3.05. The first-order valence-corrected chi connectivity index (χ1v) is 9.33. The van der Waals surface area contributed by atoms with Crippen LogP contribution in [0, 0.1) is 5.82 Å². The van der Waals surface area contributed by atoms with Gasteiger partial charge in [-0.05, 0) is 36.4 Å². The summed E-state index contributed by atoms with van der Waals surface area (Å²) in [4.78, 5) is 27.7. The van der Waals surface area contributed by atoms with Crippen LogP contribution in [-0.2, 0) is 9.59 Å². The van der Waals surface area contributed by atoms with Gasteiger partial charge >= 0.3 is 0 Å². The quantitative estimate of drug-likeness (QED) is 0.801. The molecule has 1 aliphatic heterocycles. The van der Waals surface area contributed by atoms with E-state index >= 15 is 0 Å². The second kappa shape index (κ2) is 9.41. The van der Waals surface area contributed by atoms with Crippen molar-refractivity contribution >= 4 is 29.1 Å². The van der Waals surface area contributed by atoms with E-state index in [4.69, 9.17) is 16.3 Å². The third kappa shape index (κ3) is 5.36. The van der Waals surface area contributed by atoms with E-state index in [2.05, 4.69) is 5.32 Å². The number of benzene rings is 2. The lowest BCUT2D eigenvalue weighted by Crippen LogP contribution is -2.51. The lowest BCUT2D eigenvalue weighted by atomic mass is 10.2. The number of rotatable bonds is 6. The fraction of sp³-hybridized carbons (Fsp3) is 0.300. The van der Waals surface area contributed by atoms with Crippen LogP contribution in [0.4, 0.5) is 10.1 Å². The number of nitrogens with one attached hydrogen (secondary N) is 1. The van der Waals surface area contributed by atoms with E-state index in [1.54, 1.807) is 47.4 Å². The Labute approximate surface area is 167 Å². The van der Waals surface area contributed by atoms with E-state index in [0.717, 1.165) is 0 Å². The van der Waals surface area contributed by atoms with Crippen molar-refractivity contribution in [3.05, 3.63) is 59.4 Å². The van der Waals surface area contributed by atoms with Gasteiger partial charge in [0.15, 0.2) is 6.61 Å². The number of carbonyl (C=O) groups is 2. The number of carbonyl (C=O) groups excluding carboxylic acids is 2. The lowest BCUT2D eigenvalue weighted by Gasteiger charge is -2.36. The number of halogens is 2.